The first-order valence-corrected chi connectivity index (χ1v) is 7.69. The quantitative estimate of drug-likeness (QED) is 0.857. The Bertz CT molecular complexity index is 401. The molecular weight excluding hydrogens is 244 g/mol. The molecule has 3 nitrogen and oxygen atoms in total. The standard InChI is InChI=1S/C14H20N2OS/c1-10(12-7-15-8-12)14(17)16-13-5-3-11(4-6-13)9-18-2/h3-6,10,12,15H,7-9H2,1-2H3,(H,16,17). The highest BCUT2D eigenvalue weighted by Gasteiger charge is 2.28. The Morgan fingerprint density at radius 3 is 2.61 bits per heavy atom. The highest BCUT2D eigenvalue weighted by Crippen LogP contribution is 2.19. The van der Waals surface area contributed by atoms with Gasteiger partial charge in [0, 0.05) is 17.4 Å². The van der Waals surface area contributed by atoms with E-state index in [2.05, 4.69) is 29.0 Å². The van der Waals surface area contributed by atoms with Crippen molar-refractivity contribution in [2.75, 3.05) is 24.7 Å². The van der Waals surface area contributed by atoms with Gasteiger partial charge < -0.3 is 10.6 Å². The molecule has 1 saturated heterocycles. The number of nitrogens with one attached hydrogen (secondary N) is 2. The first-order valence-electron chi connectivity index (χ1n) is 6.30. The predicted octanol–water partition coefficient (Wildman–Crippen LogP) is 2.34. The Balaban J connectivity index is 1.89. The number of benzene rings is 1. The molecule has 1 unspecified atom stereocenters. The zero-order chi connectivity index (χ0) is 13.0. The van der Waals surface area contributed by atoms with Crippen molar-refractivity contribution in [3.8, 4) is 0 Å². The summed E-state index contributed by atoms with van der Waals surface area (Å²) in [5.74, 6) is 1.70. The maximum atomic E-state index is 12.0. The Morgan fingerprint density at radius 1 is 1.44 bits per heavy atom. The van der Waals surface area contributed by atoms with E-state index in [4.69, 9.17) is 0 Å². The van der Waals surface area contributed by atoms with E-state index in [0.29, 0.717) is 5.92 Å². The molecule has 0 radical (unpaired) electrons. The fraction of sp³-hybridized carbons (Fsp3) is 0.500. The fourth-order valence-electron chi connectivity index (χ4n) is 1.99. The SMILES string of the molecule is CSCc1ccc(NC(=O)C(C)C2CNC2)cc1. The first-order chi connectivity index (χ1) is 8.70. The number of thioether (sulfide) groups is 1. The van der Waals surface area contributed by atoms with Crippen molar-refractivity contribution < 1.29 is 4.79 Å². The molecule has 0 spiro atoms. The van der Waals surface area contributed by atoms with Crippen LogP contribution in [0.15, 0.2) is 24.3 Å². The van der Waals surface area contributed by atoms with E-state index >= 15 is 0 Å². The largest absolute Gasteiger partial charge is 0.326 e. The second kappa shape index (κ2) is 6.25. The zero-order valence-electron chi connectivity index (χ0n) is 10.9. The lowest BCUT2D eigenvalue weighted by molar-refractivity contribution is -0.121. The third-order valence-corrected chi connectivity index (χ3v) is 4.09. The van der Waals surface area contributed by atoms with Crippen molar-refractivity contribution in [2.45, 2.75) is 12.7 Å². The van der Waals surface area contributed by atoms with Crippen LogP contribution in [0.25, 0.3) is 0 Å². The van der Waals surface area contributed by atoms with Crippen LogP contribution in [0, 0.1) is 11.8 Å². The van der Waals surface area contributed by atoms with Gasteiger partial charge in [0.05, 0.1) is 0 Å². The van der Waals surface area contributed by atoms with E-state index < -0.39 is 0 Å². The summed E-state index contributed by atoms with van der Waals surface area (Å²) >= 11 is 1.80. The average Bonchev–Trinajstić information content (AvgIpc) is 2.29. The van der Waals surface area contributed by atoms with E-state index in [1.165, 1.54) is 5.56 Å². The molecule has 1 aliphatic heterocycles. The summed E-state index contributed by atoms with van der Waals surface area (Å²) in [4.78, 5) is 12.0. The summed E-state index contributed by atoms with van der Waals surface area (Å²) in [6.45, 7) is 3.92. The second-order valence-corrected chi connectivity index (χ2v) is 5.69. The summed E-state index contributed by atoms with van der Waals surface area (Å²) in [5.41, 5.74) is 2.18. The Morgan fingerprint density at radius 2 is 2.11 bits per heavy atom. The summed E-state index contributed by atoms with van der Waals surface area (Å²) in [5, 5.41) is 6.19. The van der Waals surface area contributed by atoms with Crippen molar-refractivity contribution in [3.05, 3.63) is 29.8 Å². The summed E-state index contributed by atoms with van der Waals surface area (Å²) in [7, 11) is 0. The van der Waals surface area contributed by atoms with Crippen LogP contribution in [0.4, 0.5) is 5.69 Å². The molecule has 0 bridgehead atoms. The van der Waals surface area contributed by atoms with Gasteiger partial charge in [-0.25, -0.2) is 0 Å². The Kier molecular flexibility index (Phi) is 4.66. The number of anilines is 1. The van der Waals surface area contributed by atoms with Gasteiger partial charge in [-0.05, 0) is 43.0 Å². The van der Waals surface area contributed by atoms with Crippen molar-refractivity contribution >= 4 is 23.4 Å². The normalized spacial score (nSPS) is 17.0. The van der Waals surface area contributed by atoms with Gasteiger partial charge in [-0.1, -0.05) is 19.1 Å². The van der Waals surface area contributed by atoms with Crippen LogP contribution in [-0.2, 0) is 10.5 Å². The van der Waals surface area contributed by atoms with Crippen LogP contribution in [-0.4, -0.2) is 25.3 Å². The molecule has 1 amide bonds. The highest BCUT2D eigenvalue weighted by molar-refractivity contribution is 7.97. The van der Waals surface area contributed by atoms with Gasteiger partial charge in [-0.15, -0.1) is 0 Å². The molecule has 1 atom stereocenters. The minimum absolute atomic E-state index is 0.0807. The van der Waals surface area contributed by atoms with Crippen LogP contribution in [0.5, 0.6) is 0 Å². The van der Waals surface area contributed by atoms with Crippen LogP contribution in [0.3, 0.4) is 0 Å². The molecule has 18 heavy (non-hydrogen) atoms. The number of carbonyl (C=O) groups is 1. The third kappa shape index (κ3) is 3.27. The molecule has 2 rings (SSSR count). The van der Waals surface area contributed by atoms with Crippen molar-refractivity contribution in [3.63, 3.8) is 0 Å². The van der Waals surface area contributed by atoms with Gasteiger partial charge in [-0.2, -0.15) is 11.8 Å². The molecule has 1 fully saturated rings. The minimum atomic E-state index is 0.0807. The molecule has 1 aromatic carbocycles. The molecule has 1 aliphatic rings. The zero-order valence-corrected chi connectivity index (χ0v) is 11.7. The third-order valence-electron chi connectivity index (χ3n) is 3.47. The number of carbonyl (C=O) groups excluding carboxylic acids is 1. The van der Waals surface area contributed by atoms with E-state index in [9.17, 15) is 4.79 Å². The lowest BCUT2D eigenvalue weighted by Gasteiger charge is -2.31. The van der Waals surface area contributed by atoms with Gasteiger partial charge in [-0.3, -0.25) is 4.79 Å². The molecule has 0 aromatic heterocycles. The Labute approximate surface area is 113 Å². The molecule has 98 valence electrons. The molecule has 0 aliphatic carbocycles. The molecule has 0 saturated carbocycles. The lowest BCUT2D eigenvalue weighted by atomic mass is 9.88. The summed E-state index contributed by atoms with van der Waals surface area (Å²) in [6.07, 6.45) is 2.09. The average molecular weight is 264 g/mol. The Hall–Kier alpha value is -1.00. The summed E-state index contributed by atoms with van der Waals surface area (Å²) < 4.78 is 0. The molecule has 4 heteroatoms. The monoisotopic (exact) mass is 264 g/mol. The number of hydrogen-bond acceptors (Lipinski definition) is 3. The predicted molar refractivity (Wildman–Crippen MR) is 77.8 cm³/mol. The van der Waals surface area contributed by atoms with E-state index in [1.807, 2.05) is 19.1 Å². The van der Waals surface area contributed by atoms with E-state index in [0.717, 1.165) is 24.5 Å². The molecule has 1 aromatic rings. The van der Waals surface area contributed by atoms with Gasteiger partial charge >= 0.3 is 0 Å². The van der Waals surface area contributed by atoms with Crippen molar-refractivity contribution in [2.24, 2.45) is 11.8 Å². The van der Waals surface area contributed by atoms with E-state index in [1.54, 1.807) is 11.8 Å². The number of amides is 1. The lowest BCUT2D eigenvalue weighted by Crippen LogP contribution is -2.48. The smallest absolute Gasteiger partial charge is 0.227 e. The summed E-state index contributed by atoms with van der Waals surface area (Å²) in [6, 6.07) is 8.10. The van der Waals surface area contributed by atoms with Crippen LogP contribution < -0.4 is 10.6 Å². The van der Waals surface area contributed by atoms with E-state index in [-0.39, 0.29) is 11.8 Å². The molecule has 1 heterocycles. The molecule has 2 N–H and O–H groups in total. The second-order valence-electron chi connectivity index (χ2n) is 4.83. The van der Waals surface area contributed by atoms with Crippen LogP contribution >= 0.6 is 11.8 Å². The van der Waals surface area contributed by atoms with Gasteiger partial charge in [0.25, 0.3) is 0 Å². The maximum absolute atomic E-state index is 12.0. The highest BCUT2D eigenvalue weighted by atomic mass is 32.2. The van der Waals surface area contributed by atoms with Crippen molar-refractivity contribution in [1.82, 2.24) is 5.32 Å². The number of hydrogen-bond donors (Lipinski definition) is 2. The van der Waals surface area contributed by atoms with Crippen LogP contribution in [0.1, 0.15) is 12.5 Å². The maximum Gasteiger partial charge on any atom is 0.227 e. The van der Waals surface area contributed by atoms with Crippen LogP contribution in [0.2, 0.25) is 0 Å². The van der Waals surface area contributed by atoms with Crippen molar-refractivity contribution in [1.29, 1.82) is 0 Å². The van der Waals surface area contributed by atoms with Gasteiger partial charge in [0.1, 0.15) is 0 Å². The fourth-order valence-corrected chi connectivity index (χ4v) is 2.51. The van der Waals surface area contributed by atoms with Gasteiger partial charge in [0.2, 0.25) is 5.91 Å². The molecular formula is C14H20N2OS. The topological polar surface area (TPSA) is 41.1 Å². The first kappa shape index (κ1) is 13.4. The number of rotatable bonds is 5. The minimum Gasteiger partial charge on any atom is -0.326 e. The van der Waals surface area contributed by atoms with Gasteiger partial charge in [0.15, 0.2) is 0 Å².